The molecule has 1 aliphatic carbocycles. The third-order valence-corrected chi connectivity index (χ3v) is 17.0. The van der Waals surface area contributed by atoms with Crippen LogP contribution in [-0.2, 0) is 53.6 Å². The van der Waals surface area contributed by atoms with Crippen LogP contribution in [0.3, 0.4) is 0 Å². The van der Waals surface area contributed by atoms with Gasteiger partial charge < -0.3 is 13.9 Å². The molecule has 0 atom stereocenters. The average molecular weight is 1210 g/mol. The normalized spacial score (nSPS) is 14.9. The molecule has 3 aromatic heterocycles. The van der Waals surface area contributed by atoms with Crippen LogP contribution in [0.1, 0.15) is 157 Å². The van der Waals surface area contributed by atoms with Gasteiger partial charge in [0.1, 0.15) is 5.82 Å². The van der Waals surface area contributed by atoms with Crippen molar-refractivity contribution in [2.45, 2.75) is 156 Å². The third-order valence-electron chi connectivity index (χ3n) is 17.0. The van der Waals surface area contributed by atoms with Crippen molar-refractivity contribution in [3.8, 4) is 62.1 Å². The number of imidazole rings is 1. The van der Waals surface area contributed by atoms with Crippen molar-refractivity contribution in [2.24, 2.45) is 0 Å². The van der Waals surface area contributed by atoms with E-state index in [1.165, 1.54) is 66.8 Å². The number of pyridine rings is 1. The first-order valence-electron chi connectivity index (χ1n) is 27.8. The van der Waals surface area contributed by atoms with Crippen LogP contribution < -0.4 is 9.30 Å². The van der Waals surface area contributed by atoms with Gasteiger partial charge in [0.05, 0.1) is 16.7 Å². The Morgan fingerprint density at radius 3 is 1.76 bits per heavy atom. The molecule has 6 heteroatoms. The molecule has 0 radical (unpaired) electrons. The smallest absolute Gasteiger partial charge is 0.268 e. The molecule has 1 aliphatic heterocycles. The van der Waals surface area contributed by atoms with E-state index in [0.717, 1.165) is 62.9 Å². The summed E-state index contributed by atoms with van der Waals surface area (Å²) in [5.41, 5.74) is 21.0. The van der Waals surface area contributed by atoms with Crippen LogP contribution in [0.15, 0.2) is 134 Å². The predicted octanol–water partition coefficient (Wildman–Crippen LogP) is 18.4. The molecule has 5 nitrogen and oxygen atoms in total. The minimum absolute atomic E-state index is 0. The fraction of sp³-hybridized carbons (Fsp3) is 0.333. The van der Waals surface area contributed by atoms with Gasteiger partial charge >= 0.3 is 0 Å². The zero-order valence-electron chi connectivity index (χ0n) is 48.6. The quantitative estimate of drug-likeness (QED) is 0.130. The summed E-state index contributed by atoms with van der Waals surface area (Å²) in [7, 11) is 0. The second-order valence-corrected chi connectivity index (χ2v) is 27.7. The Kier molecular flexibility index (Phi) is 12.5. The second-order valence-electron chi connectivity index (χ2n) is 27.7. The van der Waals surface area contributed by atoms with E-state index in [4.69, 9.17) is 9.72 Å². The summed E-state index contributed by atoms with van der Waals surface area (Å²) in [5, 5.41) is 2.23. The molecule has 0 unspecified atom stereocenters. The fourth-order valence-corrected chi connectivity index (χ4v) is 12.2. The van der Waals surface area contributed by atoms with Crippen LogP contribution in [0.4, 0.5) is 0 Å². The molecule has 2 aliphatic rings. The van der Waals surface area contributed by atoms with Gasteiger partial charge in [-0.15, -0.1) is 29.7 Å². The maximum absolute atomic E-state index is 6.88. The summed E-state index contributed by atoms with van der Waals surface area (Å²) >= 11 is 0. The minimum Gasteiger partial charge on any atom is -0.510 e. The molecule has 0 fully saturated rings. The van der Waals surface area contributed by atoms with Crippen molar-refractivity contribution in [1.29, 1.82) is 0 Å². The molecule has 4 heterocycles. The molecule has 0 amide bonds. The first-order chi connectivity index (χ1) is 36.2. The van der Waals surface area contributed by atoms with Crippen molar-refractivity contribution in [3.63, 3.8) is 0 Å². The molecule has 0 saturated heterocycles. The minimum atomic E-state index is -0.239. The number of nitrogens with zero attached hydrogens (tertiary/aromatic N) is 4. The monoisotopic (exact) mass is 1210 g/mol. The Morgan fingerprint density at radius 2 is 1.10 bits per heavy atom. The molecule has 7 aromatic carbocycles. The molecular weight excluding hydrogens is 1130 g/mol. The van der Waals surface area contributed by atoms with Gasteiger partial charge in [0.15, 0.2) is 0 Å². The summed E-state index contributed by atoms with van der Waals surface area (Å²) in [5.74, 6) is 2.04. The van der Waals surface area contributed by atoms with E-state index in [1.54, 1.807) is 0 Å². The van der Waals surface area contributed by atoms with E-state index in [1.807, 2.05) is 18.3 Å². The Labute approximate surface area is 478 Å². The van der Waals surface area contributed by atoms with Gasteiger partial charge in [-0.2, -0.15) is 18.2 Å². The van der Waals surface area contributed by atoms with Crippen LogP contribution >= 0.6 is 0 Å². The summed E-state index contributed by atoms with van der Waals surface area (Å²) in [4.78, 5) is 4.92. The van der Waals surface area contributed by atoms with Gasteiger partial charge in [0, 0.05) is 44.3 Å². The van der Waals surface area contributed by atoms with Crippen LogP contribution in [-0.4, -0.2) is 14.1 Å². The van der Waals surface area contributed by atoms with E-state index >= 15 is 0 Å². The van der Waals surface area contributed by atoms with Gasteiger partial charge in [-0.1, -0.05) is 183 Å². The number of ether oxygens (including phenoxy) is 1. The number of rotatable bonds is 4. The summed E-state index contributed by atoms with van der Waals surface area (Å²) in [6.07, 6.45) is 8.30. The number of hydrogen-bond donors (Lipinski definition) is 0. The van der Waals surface area contributed by atoms with Crippen LogP contribution in [0, 0.1) is 18.5 Å². The molecule has 400 valence electrons. The molecule has 0 saturated carbocycles. The van der Waals surface area contributed by atoms with Crippen molar-refractivity contribution in [2.75, 3.05) is 0 Å². The Hall–Kier alpha value is -6.55. The van der Waals surface area contributed by atoms with Crippen molar-refractivity contribution < 1.29 is 30.4 Å². The maximum Gasteiger partial charge on any atom is 0.268 e. The Morgan fingerprint density at radius 1 is 0.513 bits per heavy atom. The molecule has 0 bridgehead atoms. The number of para-hydroxylation sites is 1. The number of benzene rings is 7. The largest absolute Gasteiger partial charge is 0.510 e. The van der Waals surface area contributed by atoms with Gasteiger partial charge in [0.25, 0.3) is 6.33 Å². The summed E-state index contributed by atoms with van der Waals surface area (Å²) < 4.78 is 13.7. The number of hydrogen-bond acceptors (Lipinski definition) is 2. The van der Waals surface area contributed by atoms with Crippen molar-refractivity contribution >= 4 is 32.8 Å². The topological polar surface area (TPSA) is 35.9 Å². The molecular formula is C72H74N4OPt-2. The average Bonchev–Trinajstić information content (AvgIpc) is 4.08. The van der Waals surface area contributed by atoms with E-state index in [-0.39, 0.29) is 53.6 Å². The predicted molar refractivity (Wildman–Crippen MR) is 320 cm³/mol. The summed E-state index contributed by atoms with van der Waals surface area (Å²) in [6.45, 7) is 37.7. The molecule has 0 N–H and O–H groups in total. The fourth-order valence-electron chi connectivity index (χ4n) is 12.2. The molecule has 0 spiro atoms. The van der Waals surface area contributed by atoms with Crippen molar-refractivity contribution in [1.82, 2.24) is 14.1 Å². The maximum atomic E-state index is 6.88. The van der Waals surface area contributed by atoms with Crippen LogP contribution in [0.2, 0.25) is 0 Å². The number of aromatic nitrogens is 4. The first-order valence-corrected chi connectivity index (χ1v) is 27.8. The third kappa shape index (κ3) is 8.88. The molecule has 12 rings (SSSR count). The van der Waals surface area contributed by atoms with Gasteiger partial charge in [-0.05, 0) is 153 Å². The zero-order valence-corrected chi connectivity index (χ0v) is 50.9. The Bertz CT molecular complexity index is 4060. The van der Waals surface area contributed by atoms with Crippen LogP contribution in [0.25, 0.3) is 83.4 Å². The standard InChI is InChI=1S/C72H74N4O.Pt/c1-67(2,3)44-30-33-73-64(38-44)76-61-27-20-19-26-52(61)53-29-28-49(40-62(53)76)77-48-23-21-22-47(39-48)74-43-75-65-57(34-45(68(4,5)6)36-60(65)70(10,11)12)55-42-59-58(71(13,14)31-32-72(59,15)16)41-54(55)50-24-17-18-25-51(50)56-35-46(69(7,8)9)37-63(74)66(56)75;/h17-30,33-38,41-42H,31-32H2,1-16H3;/q-2;. The molecule has 78 heavy (non-hydrogen) atoms. The zero-order chi connectivity index (χ0) is 54.5. The van der Waals surface area contributed by atoms with Crippen molar-refractivity contribution in [3.05, 3.63) is 185 Å². The molecule has 10 aromatic rings. The summed E-state index contributed by atoms with van der Waals surface area (Å²) in [6, 6.07) is 54.9. The SMILES string of the molecule is CC(C)(C)c1ccnc(-n2c3[c-]c(Oc4[c-]c(-n5[c-][n+]6c7c(cc(C(C)(C)C)cc75)-c5ccccc5-c5cc7c(cc5-c5cc(C(C)(C)C)cc(C(C)(C)C)c5-6)C(C)(C)CCC7(C)C)ccc4)ccc3c3ccccc32)c1.[Pt]. The van der Waals surface area contributed by atoms with E-state index in [9.17, 15) is 0 Å². The van der Waals surface area contributed by atoms with Gasteiger partial charge in [-0.25, -0.2) is 4.98 Å². The van der Waals surface area contributed by atoms with E-state index in [0.29, 0.717) is 11.5 Å². The Balaban J connectivity index is 0.00000645. The van der Waals surface area contributed by atoms with E-state index in [2.05, 4.69) is 258 Å². The first kappa shape index (κ1) is 53.5. The van der Waals surface area contributed by atoms with E-state index < -0.39 is 0 Å². The second kappa shape index (κ2) is 18.2. The van der Waals surface area contributed by atoms with Gasteiger partial charge in [0.2, 0.25) is 0 Å². The van der Waals surface area contributed by atoms with Crippen LogP contribution in [0.5, 0.6) is 11.5 Å². The number of fused-ring (bicyclic) bond motifs is 11. The van der Waals surface area contributed by atoms with Gasteiger partial charge in [-0.3, -0.25) is 4.57 Å².